The third-order valence-electron chi connectivity index (χ3n) is 7.70. The molecule has 1 fully saturated rings. The standard InChI is InChI=1S/C29H33N3O3/c33-28(27(22-12-6-2-7-13-22)23-14-8-3-9-15-23)32-19-24-25(18-26(32)29(34)35)31(20-30-24)17-16-21-10-4-1-5-11-21/h2-3,6-9,12-15,20-21,26-27H,1,4-5,10-11,16-19H2,(H,34,35). The highest BCUT2D eigenvalue weighted by Crippen LogP contribution is 2.32. The van der Waals surface area contributed by atoms with Crippen molar-refractivity contribution in [2.75, 3.05) is 0 Å². The van der Waals surface area contributed by atoms with E-state index in [2.05, 4.69) is 9.55 Å². The normalized spacial score (nSPS) is 18.4. The van der Waals surface area contributed by atoms with E-state index in [1.807, 2.05) is 67.0 Å². The first-order chi connectivity index (χ1) is 17.1. The number of aliphatic carboxylic acids is 1. The van der Waals surface area contributed by atoms with Crippen LogP contribution in [-0.2, 0) is 29.1 Å². The van der Waals surface area contributed by atoms with Crippen LogP contribution in [0, 0.1) is 5.92 Å². The van der Waals surface area contributed by atoms with Crippen molar-refractivity contribution in [3.63, 3.8) is 0 Å². The smallest absolute Gasteiger partial charge is 0.326 e. The summed E-state index contributed by atoms with van der Waals surface area (Å²) in [5.41, 5.74) is 3.50. The second-order valence-corrected chi connectivity index (χ2v) is 9.90. The van der Waals surface area contributed by atoms with Crippen LogP contribution in [-0.4, -0.2) is 37.5 Å². The number of rotatable bonds is 7. The molecule has 2 heterocycles. The van der Waals surface area contributed by atoms with Crippen molar-refractivity contribution < 1.29 is 14.7 Å². The van der Waals surface area contributed by atoms with Gasteiger partial charge in [-0.15, -0.1) is 0 Å². The van der Waals surface area contributed by atoms with Crippen LogP contribution in [0.1, 0.15) is 67.0 Å². The molecule has 1 aliphatic heterocycles. The molecular weight excluding hydrogens is 438 g/mol. The van der Waals surface area contributed by atoms with Crippen molar-refractivity contribution in [1.82, 2.24) is 14.5 Å². The summed E-state index contributed by atoms with van der Waals surface area (Å²) in [5.74, 6) is -0.980. The summed E-state index contributed by atoms with van der Waals surface area (Å²) in [6, 6.07) is 18.3. The van der Waals surface area contributed by atoms with Crippen LogP contribution in [0.2, 0.25) is 0 Å². The Morgan fingerprint density at radius 1 is 0.943 bits per heavy atom. The molecule has 5 rings (SSSR count). The number of amides is 1. The van der Waals surface area contributed by atoms with Crippen LogP contribution in [0.5, 0.6) is 0 Å². The predicted octanol–water partition coefficient (Wildman–Crippen LogP) is 5.02. The summed E-state index contributed by atoms with van der Waals surface area (Å²) < 4.78 is 2.13. The van der Waals surface area contributed by atoms with Gasteiger partial charge in [0, 0.05) is 18.7 Å². The van der Waals surface area contributed by atoms with Gasteiger partial charge in [-0.05, 0) is 23.5 Å². The van der Waals surface area contributed by atoms with Crippen molar-refractivity contribution in [3.05, 3.63) is 89.5 Å². The molecule has 1 atom stereocenters. The number of carbonyl (C=O) groups excluding carboxylic acids is 1. The Bertz CT molecular complexity index is 1110. The first kappa shape index (κ1) is 23.3. The third-order valence-corrected chi connectivity index (χ3v) is 7.70. The maximum Gasteiger partial charge on any atom is 0.326 e. The Hall–Kier alpha value is -3.41. The van der Waals surface area contributed by atoms with E-state index in [1.165, 1.54) is 37.0 Å². The number of imidazole rings is 1. The summed E-state index contributed by atoms with van der Waals surface area (Å²) in [6.45, 7) is 1.08. The fourth-order valence-electron chi connectivity index (χ4n) is 5.76. The van der Waals surface area contributed by atoms with Crippen LogP contribution in [0.25, 0.3) is 0 Å². The molecule has 0 saturated heterocycles. The van der Waals surface area contributed by atoms with Gasteiger partial charge in [-0.25, -0.2) is 9.78 Å². The SMILES string of the molecule is O=C(O)C1Cc2c(ncn2CCC2CCCCC2)CN1C(=O)C(c1ccccc1)c1ccccc1. The van der Waals surface area contributed by atoms with Crippen LogP contribution in [0.4, 0.5) is 0 Å². The summed E-state index contributed by atoms with van der Waals surface area (Å²) in [4.78, 5) is 32.5. The topological polar surface area (TPSA) is 75.4 Å². The molecule has 1 aromatic heterocycles. The lowest BCUT2D eigenvalue weighted by atomic mass is 9.87. The first-order valence-corrected chi connectivity index (χ1v) is 12.8. The molecule has 1 unspecified atom stereocenters. The van der Waals surface area contributed by atoms with Crippen molar-refractivity contribution in [2.24, 2.45) is 5.92 Å². The highest BCUT2D eigenvalue weighted by molar-refractivity contribution is 5.91. The van der Waals surface area contributed by atoms with Crippen LogP contribution >= 0.6 is 0 Å². The molecule has 2 aromatic carbocycles. The zero-order valence-electron chi connectivity index (χ0n) is 20.1. The molecule has 1 N–H and O–H groups in total. The number of aromatic nitrogens is 2. The van der Waals surface area contributed by atoms with Crippen LogP contribution in [0.3, 0.4) is 0 Å². The lowest BCUT2D eigenvalue weighted by Gasteiger charge is -2.35. The minimum Gasteiger partial charge on any atom is -0.480 e. The molecule has 6 nitrogen and oxygen atoms in total. The van der Waals surface area contributed by atoms with E-state index in [1.54, 1.807) is 0 Å². The summed E-state index contributed by atoms with van der Waals surface area (Å²) in [6.07, 6.45) is 9.78. The molecular formula is C29H33N3O3. The second-order valence-electron chi connectivity index (χ2n) is 9.90. The van der Waals surface area contributed by atoms with Gasteiger partial charge < -0.3 is 14.6 Å². The Kier molecular flexibility index (Phi) is 6.98. The van der Waals surface area contributed by atoms with Gasteiger partial charge in [-0.1, -0.05) is 92.8 Å². The predicted molar refractivity (Wildman–Crippen MR) is 134 cm³/mol. The Morgan fingerprint density at radius 2 is 1.57 bits per heavy atom. The summed E-state index contributed by atoms with van der Waals surface area (Å²) >= 11 is 0. The van der Waals surface area contributed by atoms with E-state index in [4.69, 9.17) is 0 Å². The fourth-order valence-corrected chi connectivity index (χ4v) is 5.76. The van der Waals surface area contributed by atoms with E-state index in [-0.39, 0.29) is 18.9 Å². The molecule has 182 valence electrons. The molecule has 3 aromatic rings. The number of benzene rings is 2. The monoisotopic (exact) mass is 471 g/mol. The van der Waals surface area contributed by atoms with Gasteiger partial charge in [0.05, 0.1) is 24.5 Å². The Labute approximate surface area is 206 Å². The Morgan fingerprint density at radius 3 is 2.17 bits per heavy atom. The third kappa shape index (κ3) is 5.02. The van der Waals surface area contributed by atoms with Crippen molar-refractivity contribution >= 4 is 11.9 Å². The molecule has 0 radical (unpaired) electrons. The van der Waals surface area contributed by atoms with Crippen LogP contribution < -0.4 is 0 Å². The number of aryl methyl sites for hydroxylation is 1. The van der Waals surface area contributed by atoms with E-state index in [0.717, 1.165) is 41.4 Å². The van der Waals surface area contributed by atoms with E-state index in [9.17, 15) is 14.7 Å². The summed E-state index contributed by atoms with van der Waals surface area (Å²) in [7, 11) is 0. The van der Waals surface area contributed by atoms with Gasteiger partial charge in [-0.3, -0.25) is 4.79 Å². The molecule has 1 saturated carbocycles. The summed E-state index contributed by atoms with van der Waals surface area (Å²) in [5, 5.41) is 10.1. The molecule has 0 bridgehead atoms. The minimum atomic E-state index is -0.969. The Balaban J connectivity index is 1.41. The number of hydrogen-bond acceptors (Lipinski definition) is 3. The van der Waals surface area contributed by atoms with E-state index < -0.39 is 17.9 Å². The fraction of sp³-hybridized carbons (Fsp3) is 0.414. The van der Waals surface area contributed by atoms with E-state index in [0.29, 0.717) is 0 Å². The van der Waals surface area contributed by atoms with Gasteiger partial charge in [0.15, 0.2) is 0 Å². The minimum absolute atomic E-state index is 0.197. The number of carboxylic acids is 1. The van der Waals surface area contributed by atoms with Crippen LogP contribution in [0.15, 0.2) is 67.0 Å². The van der Waals surface area contributed by atoms with Gasteiger partial charge in [0.25, 0.3) is 0 Å². The lowest BCUT2D eigenvalue weighted by Crippen LogP contribution is -2.50. The molecule has 35 heavy (non-hydrogen) atoms. The maximum atomic E-state index is 14.0. The van der Waals surface area contributed by atoms with Crippen molar-refractivity contribution in [2.45, 2.75) is 70.0 Å². The largest absolute Gasteiger partial charge is 0.480 e. The van der Waals surface area contributed by atoms with Gasteiger partial charge in [0.1, 0.15) is 6.04 Å². The number of carboxylic acid groups (broad SMARTS) is 1. The van der Waals surface area contributed by atoms with Gasteiger partial charge in [-0.2, -0.15) is 0 Å². The van der Waals surface area contributed by atoms with Gasteiger partial charge in [0.2, 0.25) is 5.91 Å². The molecule has 2 aliphatic rings. The quantitative estimate of drug-likeness (QED) is 0.525. The van der Waals surface area contributed by atoms with E-state index >= 15 is 0 Å². The number of nitrogens with zero attached hydrogens (tertiary/aromatic N) is 3. The first-order valence-electron chi connectivity index (χ1n) is 12.8. The number of hydrogen-bond donors (Lipinski definition) is 1. The zero-order valence-corrected chi connectivity index (χ0v) is 20.1. The highest BCUT2D eigenvalue weighted by Gasteiger charge is 2.40. The number of fused-ring (bicyclic) bond motifs is 1. The van der Waals surface area contributed by atoms with Crippen molar-refractivity contribution in [3.8, 4) is 0 Å². The molecule has 1 aliphatic carbocycles. The zero-order chi connectivity index (χ0) is 24.2. The average molecular weight is 472 g/mol. The number of carbonyl (C=O) groups is 2. The second kappa shape index (κ2) is 10.5. The van der Waals surface area contributed by atoms with Gasteiger partial charge >= 0.3 is 5.97 Å². The molecule has 1 amide bonds. The highest BCUT2D eigenvalue weighted by atomic mass is 16.4. The lowest BCUT2D eigenvalue weighted by molar-refractivity contribution is -0.151. The average Bonchev–Trinajstić information content (AvgIpc) is 3.30. The maximum absolute atomic E-state index is 14.0. The molecule has 6 heteroatoms. The van der Waals surface area contributed by atoms with Crippen molar-refractivity contribution in [1.29, 1.82) is 0 Å². The molecule has 0 spiro atoms.